The second-order valence-electron chi connectivity index (χ2n) is 3.50. The summed E-state index contributed by atoms with van der Waals surface area (Å²) in [5.74, 6) is 0.612. The highest BCUT2D eigenvalue weighted by atomic mass is 32.1. The molecular formula is C12H13NO2S. The van der Waals surface area contributed by atoms with Gasteiger partial charge in [-0.1, -0.05) is 0 Å². The predicted molar refractivity (Wildman–Crippen MR) is 63.9 cm³/mol. The first-order valence-corrected chi connectivity index (χ1v) is 5.88. The Kier molecular flexibility index (Phi) is 3.22. The Hall–Kier alpha value is -1.39. The molecule has 0 saturated carbocycles. The number of hydrogen-bond donors (Lipinski definition) is 1. The van der Waals surface area contributed by atoms with Crippen LogP contribution in [0.15, 0.2) is 29.1 Å². The SMILES string of the molecule is COc1cccnc1C(O)c1cscc1C. The molecule has 2 heterocycles. The number of hydrogen-bond acceptors (Lipinski definition) is 4. The Morgan fingerprint density at radius 3 is 2.88 bits per heavy atom. The minimum atomic E-state index is -0.720. The van der Waals surface area contributed by atoms with E-state index in [1.54, 1.807) is 36.8 Å². The molecule has 84 valence electrons. The van der Waals surface area contributed by atoms with Crippen molar-refractivity contribution in [1.82, 2.24) is 4.98 Å². The van der Waals surface area contributed by atoms with Gasteiger partial charge in [0.2, 0.25) is 0 Å². The zero-order valence-electron chi connectivity index (χ0n) is 9.18. The number of methoxy groups -OCH3 is 1. The van der Waals surface area contributed by atoms with Gasteiger partial charge in [0.15, 0.2) is 0 Å². The summed E-state index contributed by atoms with van der Waals surface area (Å²) in [5, 5.41) is 14.2. The van der Waals surface area contributed by atoms with Crippen LogP contribution in [0.5, 0.6) is 5.75 Å². The third kappa shape index (κ3) is 1.94. The average Bonchev–Trinajstić information content (AvgIpc) is 2.74. The quantitative estimate of drug-likeness (QED) is 0.889. The fraction of sp³-hybridized carbons (Fsp3) is 0.250. The normalized spacial score (nSPS) is 12.4. The molecule has 1 unspecified atom stereocenters. The first-order valence-electron chi connectivity index (χ1n) is 4.93. The minimum absolute atomic E-state index is 0.562. The highest BCUT2D eigenvalue weighted by Gasteiger charge is 2.18. The molecule has 0 amide bonds. The van der Waals surface area contributed by atoms with Crippen molar-refractivity contribution in [2.45, 2.75) is 13.0 Å². The minimum Gasteiger partial charge on any atom is -0.495 e. The van der Waals surface area contributed by atoms with Crippen LogP contribution in [0.3, 0.4) is 0 Å². The number of ether oxygens (including phenoxy) is 1. The maximum absolute atomic E-state index is 10.2. The van der Waals surface area contributed by atoms with Gasteiger partial charge in [-0.25, -0.2) is 0 Å². The van der Waals surface area contributed by atoms with Gasteiger partial charge in [-0.2, -0.15) is 11.3 Å². The molecule has 0 saturated heterocycles. The van der Waals surface area contributed by atoms with Crippen LogP contribution in [0.2, 0.25) is 0 Å². The number of pyridine rings is 1. The van der Waals surface area contributed by atoms with Crippen LogP contribution < -0.4 is 4.74 Å². The third-order valence-electron chi connectivity index (χ3n) is 2.47. The van der Waals surface area contributed by atoms with E-state index in [0.29, 0.717) is 11.4 Å². The van der Waals surface area contributed by atoms with Crippen LogP contribution in [0, 0.1) is 6.92 Å². The highest BCUT2D eigenvalue weighted by Crippen LogP contribution is 2.31. The van der Waals surface area contributed by atoms with Gasteiger partial charge in [-0.15, -0.1) is 0 Å². The van der Waals surface area contributed by atoms with E-state index in [1.165, 1.54) is 0 Å². The summed E-state index contributed by atoms with van der Waals surface area (Å²) in [6.07, 6.45) is 0.936. The molecule has 0 fully saturated rings. The number of aliphatic hydroxyl groups is 1. The molecule has 0 spiro atoms. The molecule has 0 bridgehead atoms. The summed E-state index contributed by atoms with van der Waals surface area (Å²) in [7, 11) is 1.58. The van der Waals surface area contributed by atoms with E-state index in [2.05, 4.69) is 4.98 Å². The van der Waals surface area contributed by atoms with Crippen LogP contribution >= 0.6 is 11.3 Å². The van der Waals surface area contributed by atoms with Crippen LogP contribution in [-0.4, -0.2) is 17.2 Å². The predicted octanol–water partition coefficient (Wildman–Crippen LogP) is 2.54. The molecule has 0 aliphatic carbocycles. The smallest absolute Gasteiger partial charge is 0.143 e. The Bertz CT molecular complexity index is 481. The first kappa shape index (κ1) is 11.1. The van der Waals surface area contributed by atoms with Crippen molar-refractivity contribution >= 4 is 11.3 Å². The fourth-order valence-corrected chi connectivity index (χ4v) is 2.45. The Morgan fingerprint density at radius 1 is 1.44 bits per heavy atom. The maximum Gasteiger partial charge on any atom is 0.143 e. The van der Waals surface area contributed by atoms with Crippen molar-refractivity contribution < 1.29 is 9.84 Å². The molecule has 0 aromatic carbocycles. The Balaban J connectivity index is 2.41. The van der Waals surface area contributed by atoms with E-state index in [-0.39, 0.29) is 0 Å². The topological polar surface area (TPSA) is 42.4 Å². The molecule has 0 aliphatic rings. The summed E-state index contributed by atoms with van der Waals surface area (Å²) in [6, 6.07) is 3.59. The average molecular weight is 235 g/mol. The zero-order chi connectivity index (χ0) is 11.5. The summed E-state index contributed by atoms with van der Waals surface area (Å²) in [4.78, 5) is 4.18. The zero-order valence-corrected chi connectivity index (χ0v) is 9.99. The van der Waals surface area contributed by atoms with Crippen molar-refractivity contribution in [3.63, 3.8) is 0 Å². The second kappa shape index (κ2) is 4.63. The standard InChI is InChI=1S/C12H13NO2S/c1-8-6-16-7-9(8)12(14)11-10(15-2)4-3-5-13-11/h3-7,12,14H,1-2H3. The number of rotatable bonds is 3. The molecule has 2 aromatic heterocycles. The van der Waals surface area contributed by atoms with E-state index >= 15 is 0 Å². The molecule has 1 N–H and O–H groups in total. The summed E-state index contributed by atoms with van der Waals surface area (Å²) < 4.78 is 5.19. The molecular weight excluding hydrogens is 222 g/mol. The van der Waals surface area contributed by atoms with Crippen LogP contribution in [0.4, 0.5) is 0 Å². The Labute approximate surface area is 98.4 Å². The summed E-state index contributed by atoms with van der Waals surface area (Å²) in [6.45, 7) is 1.98. The van der Waals surface area contributed by atoms with Gasteiger partial charge in [0.25, 0.3) is 0 Å². The second-order valence-corrected chi connectivity index (χ2v) is 4.25. The molecule has 16 heavy (non-hydrogen) atoms. The van der Waals surface area contributed by atoms with Gasteiger partial charge in [0.05, 0.1) is 7.11 Å². The third-order valence-corrected chi connectivity index (χ3v) is 3.35. The van der Waals surface area contributed by atoms with Gasteiger partial charge >= 0.3 is 0 Å². The monoisotopic (exact) mass is 235 g/mol. The lowest BCUT2D eigenvalue weighted by Crippen LogP contribution is -2.04. The van der Waals surface area contributed by atoms with Crippen molar-refractivity contribution in [2.75, 3.05) is 7.11 Å². The van der Waals surface area contributed by atoms with E-state index < -0.39 is 6.10 Å². The van der Waals surface area contributed by atoms with E-state index in [4.69, 9.17) is 4.74 Å². The summed E-state index contributed by atoms with van der Waals surface area (Å²) >= 11 is 1.57. The molecule has 2 rings (SSSR count). The number of aliphatic hydroxyl groups excluding tert-OH is 1. The molecule has 4 heteroatoms. The first-order chi connectivity index (χ1) is 7.74. The number of nitrogens with zero attached hydrogens (tertiary/aromatic N) is 1. The highest BCUT2D eigenvalue weighted by molar-refractivity contribution is 7.08. The molecule has 0 aliphatic heterocycles. The van der Waals surface area contributed by atoms with Crippen molar-refractivity contribution in [2.24, 2.45) is 0 Å². The Morgan fingerprint density at radius 2 is 2.25 bits per heavy atom. The molecule has 2 aromatic rings. The van der Waals surface area contributed by atoms with Crippen LogP contribution in [0.1, 0.15) is 22.9 Å². The summed E-state index contributed by atoms with van der Waals surface area (Å²) in [5.41, 5.74) is 2.53. The van der Waals surface area contributed by atoms with E-state index in [9.17, 15) is 5.11 Å². The van der Waals surface area contributed by atoms with Gasteiger partial charge < -0.3 is 9.84 Å². The largest absolute Gasteiger partial charge is 0.495 e. The van der Waals surface area contributed by atoms with E-state index in [0.717, 1.165) is 11.1 Å². The van der Waals surface area contributed by atoms with Gasteiger partial charge in [0.1, 0.15) is 17.5 Å². The van der Waals surface area contributed by atoms with Crippen molar-refractivity contribution in [3.8, 4) is 5.75 Å². The number of aryl methyl sites for hydroxylation is 1. The van der Waals surface area contributed by atoms with Crippen molar-refractivity contribution in [1.29, 1.82) is 0 Å². The van der Waals surface area contributed by atoms with Gasteiger partial charge in [-0.05, 0) is 35.4 Å². The molecule has 3 nitrogen and oxygen atoms in total. The van der Waals surface area contributed by atoms with Crippen molar-refractivity contribution in [3.05, 3.63) is 45.9 Å². The fourth-order valence-electron chi connectivity index (χ4n) is 1.58. The van der Waals surface area contributed by atoms with Gasteiger partial charge in [-0.3, -0.25) is 4.98 Å². The lowest BCUT2D eigenvalue weighted by Gasteiger charge is -2.13. The lowest BCUT2D eigenvalue weighted by atomic mass is 10.1. The van der Waals surface area contributed by atoms with Crippen LogP contribution in [0.25, 0.3) is 0 Å². The maximum atomic E-state index is 10.2. The van der Waals surface area contributed by atoms with Crippen LogP contribution in [-0.2, 0) is 0 Å². The molecule has 0 radical (unpaired) electrons. The van der Waals surface area contributed by atoms with Gasteiger partial charge in [0, 0.05) is 11.8 Å². The van der Waals surface area contributed by atoms with E-state index in [1.807, 2.05) is 17.7 Å². The number of aromatic nitrogens is 1. The molecule has 1 atom stereocenters. The lowest BCUT2D eigenvalue weighted by molar-refractivity contribution is 0.209. The number of thiophene rings is 1.